The second-order valence-corrected chi connectivity index (χ2v) is 12.4. The number of aromatic nitrogens is 1. The van der Waals surface area contributed by atoms with Crippen LogP contribution < -0.4 is 11.1 Å². The Morgan fingerprint density at radius 2 is 1.28 bits per heavy atom. The van der Waals surface area contributed by atoms with Crippen LogP contribution in [-0.2, 0) is 39.3 Å². The van der Waals surface area contributed by atoms with Crippen molar-refractivity contribution in [2.24, 2.45) is 5.73 Å². The number of aromatic hydroxyl groups is 2. The van der Waals surface area contributed by atoms with Gasteiger partial charge in [-0.25, -0.2) is 0 Å². The highest BCUT2D eigenvalue weighted by molar-refractivity contribution is 5.44. The van der Waals surface area contributed by atoms with Crippen molar-refractivity contribution < 1.29 is 35.7 Å². The van der Waals surface area contributed by atoms with E-state index in [2.05, 4.69) is 15.1 Å². The van der Waals surface area contributed by atoms with Crippen LogP contribution in [0.1, 0.15) is 51.2 Å². The largest absolute Gasteiger partial charge is 0.507 e. The van der Waals surface area contributed by atoms with Crippen LogP contribution >= 0.6 is 0 Å². The summed E-state index contributed by atoms with van der Waals surface area (Å²) in [5.74, 6) is 0.382. The van der Waals surface area contributed by atoms with Crippen LogP contribution in [0.15, 0.2) is 42.5 Å². The Morgan fingerprint density at radius 1 is 0.783 bits per heavy atom. The Labute approximate surface area is 270 Å². The van der Waals surface area contributed by atoms with E-state index in [0.29, 0.717) is 31.7 Å². The molecule has 1 aromatic heterocycles. The van der Waals surface area contributed by atoms with E-state index in [0.717, 1.165) is 58.7 Å². The maximum atomic E-state index is 11.2. The molecule has 4 unspecified atom stereocenters. The average molecular weight is 640 g/mol. The summed E-state index contributed by atoms with van der Waals surface area (Å²) in [6.45, 7) is 7.40. The molecule has 46 heavy (non-hydrogen) atoms. The van der Waals surface area contributed by atoms with Gasteiger partial charge in [0.2, 0.25) is 0 Å². The lowest BCUT2D eigenvalue weighted by Crippen LogP contribution is -2.48. The fourth-order valence-corrected chi connectivity index (χ4v) is 6.03. The summed E-state index contributed by atoms with van der Waals surface area (Å²) in [5, 5.41) is 73.8. The number of phenolic OH excluding ortho intramolecular Hbond substituents is 2. The summed E-state index contributed by atoms with van der Waals surface area (Å²) in [6, 6.07) is 13.7. The van der Waals surface area contributed by atoms with Gasteiger partial charge in [-0.15, -0.1) is 0 Å². The van der Waals surface area contributed by atoms with Gasteiger partial charge < -0.3 is 46.8 Å². The zero-order valence-electron chi connectivity index (χ0n) is 26.7. The summed E-state index contributed by atoms with van der Waals surface area (Å²) < 4.78 is 0. The number of aliphatic hydroxyl groups excluding tert-OH is 5. The van der Waals surface area contributed by atoms with Crippen LogP contribution in [0.4, 0.5) is 0 Å². The van der Waals surface area contributed by atoms with Gasteiger partial charge in [0, 0.05) is 81.2 Å². The molecule has 1 aliphatic rings. The number of fused-ring (bicyclic) bond motifs is 2. The van der Waals surface area contributed by atoms with Gasteiger partial charge in [0.1, 0.15) is 29.8 Å². The monoisotopic (exact) mass is 639 g/mol. The molecule has 0 radical (unpaired) electrons. The van der Waals surface area contributed by atoms with Crippen molar-refractivity contribution >= 4 is 0 Å². The molecule has 2 heterocycles. The number of nitrogens with two attached hydrogens (primary N) is 1. The van der Waals surface area contributed by atoms with Crippen molar-refractivity contribution in [3.05, 3.63) is 87.2 Å². The predicted octanol–water partition coefficient (Wildman–Crippen LogP) is 0.502. The van der Waals surface area contributed by atoms with Gasteiger partial charge in [0.05, 0.1) is 24.1 Å². The van der Waals surface area contributed by atoms with Crippen molar-refractivity contribution in [2.45, 2.75) is 84.0 Å². The molecular formula is C34H49N5O7. The van der Waals surface area contributed by atoms with E-state index < -0.39 is 31.0 Å². The van der Waals surface area contributed by atoms with E-state index in [9.17, 15) is 30.6 Å². The molecule has 0 saturated heterocycles. The van der Waals surface area contributed by atoms with E-state index >= 15 is 0 Å². The number of phenols is 2. The van der Waals surface area contributed by atoms with Crippen LogP contribution in [0, 0.1) is 13.8 Å². The third-order valence-corrected chi connectivity index (χ3v) is 8.41. The van der Waals surface area contributed by atoms with Gasteiger partial charge in [-0.2, -0.15) is 0 Å². The molecule has 12 heteroatoms. The quantitative estimate of drug-likeness (QED) is 0.126. The first kappa shape index (κ1) is 35.7. The SMILES string of the molecule is Cc1cc(CN)c(O)c(CN2CCCN(Cc3cc(C)cc(CNCC(O)C(O)C(O)C(O)CO)c3O)Cc3cccc(n3)C2)c1. The first-order valence-electron chi connectivity index (χ1n) is 15.7. The summed E-state index contributed by atoms with van der Waals surface area (Å²) >= 11 is 0. The third kappa shape index (κ3) is 9.44. The molecule has 0 spiro atoms. The number of nitrogens with zero attached hydrogens (tertiary/aromatic N) is 3. The molecule has 0 aliphatic carbocycles. The smallest absolute Gasteiger partial charge is 0.124 e. The number of aryl methyl sites for hydroxylation is 2. The number of rotatable bonds is 13. The van der Waals surface area contributed by atoms with Crippen molar-refractivity contribution in [2.75, 3.05) is 26.2 Å². The maximum absolute atomic E-state index is 11.2. The number of pyridine rings is 1. The van der Waals surface area contributed by atoms with Gasteiger partial charge in [-0.3, -0.25) is 14.8 Å². The van der Waals surface area contributed by atoms with Gasteiger partial charge in [-0.05, 0) is 32.4 Å². The van der Waals surface area contributed by atoms with Crippen molar-refractivity contribution in [1.29, 1.82) is 0 Å². The van der Waals surface area contributed by atoms with Crippen LogP contribution in [0.5, 0.6) is 11.5 Å². The standard InChI is InChI=1S/C34H49N5O7/c1-21-9-23(13-35)31(43)25(11-21)16-38-7-4-8-39(19-28-6-3-5-27(18-38)37-28)17-26-12-22(2)10-24(32(26)44)14-36-15-29(41)33(45)34(46)30(42)20-40/h3,5-6,9-12,29-30,33-34,36,40-46H,4,7-8,13-20,35H2,1-2H3. The number of aliphatic hydroxyl groups is 5. The highest BCUT2D eigenvalue weighted by atomic mass is 16.4. The van der Waals surface area contributed by atoms with Crippen molar-refractivity contribution in [3.8, 4) is 11.5 Å². The van der Waals surface area contributed by atoms with Gasteiger partial charge in [-0.1, -0.05) is 41.5 Å². The number of benzene rings is 2. The summed E-state index contributed by atoms with van der Waals surface area (Å²) in [5.41, 5.74) is 12.7. The molecule has 4 atom stereocenters. The predicted molar refractivity (Wildman–Crippen MR) is 173 cm³/mol. The highest BCUT2D eigenvalue weighted by Gasteiger charge is 2.29. The minimum atomic E-state index is -1.70. The Balaban J connectivity index is 1.45. The second kappa shape index (κ2) is 16.6. The topological polar surface area (TPSA) is 199 Å². The molecule has 4 rings (SSSR count). The number of hydrogen-bond donors (Lipinski definition) is 9. The number of nitrogens with one attached hydrogen (secondary N) is 1. The van der Waals surface area contributed by atoms with Gasteiger partial charge >= 0.3 is 0 Å². The van der Waals surface area contributed by atoms with Crippen LogP contribution in [0.2, 0.25) is 0 Å². The highest BCUT2D eigenvalue weighted by Crippen LogP contribution is 2.28. The lowest BCUT2D eigenvalue weighted by Gasteiger charge is -2.29. The lowest BCUT2D eigenvalue weighted by molar-refractivity contribution is -0.114. The van der Waals surface area contributed by atoms with E-state index in [1.165, 1.54) is 0 Å². The molecule has 252 valence electrons. The van der Waals surface area contributed by atoms with Gasteiger partial charge in [0.15, 0.2) is 0 Å². The Morgan fingerprint density at radius 3 is 1.83 bits per heavy atom. The van der Waals surface area contributed by atoms with Gasteiger partial charge in [0.25, 0.3) is 0 Å². The van der Waals surface area contributed by atoms with E-state index in [1.807, 2.05) is 56.3 Å². The fraction of sp³-hybridized carbons (Fsp3) is 0.500. The first-order valence-corrected chi connectivity index (χ1v) is 15.7. The minimum Gasteiger partial charge on any atom is -0.507 e. The van der Waals surface area contributed by atoms with Crippen molar-refractivity contribution in [3.63, 3.8) is 0 Å². The van der Waals surface area contributed by atoms with Crippen molar-refractivity contribution in [1.82, 2.24) is 20.1 Å². The second-order valence-electron chi connectivity index (χ2n) is 12.4. The molecule has 0 saturated carbocycles. The zero-order chi connectivity index (χ0) is 33.4. The summed E-state index contributed by atoms with van der Waals surface area (Å²) in [4.78, 5) is 9.46. The lowest BCUT2D eigenvalue weighted by atomic mass is 10.0. The van der Waals surface area contributed by atoms with Crippen LogP contribution in [-0.4, -0.2) is 101 Å². The molecule has 0 fully saturated rings. The van der Waals surface area contributed by atoms with E-state index in [-0.39, 0.29) is 31.1 Å². The minimum absolute atomic E-state index is 0.114. The van der Waals surface area contributed by atoms with Crippen LogP contribution in [0.25, 0.3) is 0 Å². The fourth-order valence-electron chi connectivity index (χ4n) is 6.03. The summed E-state index contributed by atoms with van der Waals surface area (Å²) in [6.07, 6.45) is -5.48. The first-order chi connectivity index (χ1) is 22.0. The Hall–Kier alpha value is -3.17. The Kier molecular flexibility index (Phi) is 12.9. The average Bonchev–Trinajstić information content (AvgIpc) is 3.03. The van der Waals surface area contributed by atoms with E-state index in [1.54, 1.807) is 0 Å². The molecular weight excluding hydrogens is 590 g/mol. The molecule has 0 amide bonds. The number of hydrogen-bond acceptors (Lipinski definition) is 12. The maximum Gasteiger partial charge on any atom is 0.124 e. The normalized spacial score (nSPS) is 17.4. The van der Waals surface area contributed by atoms with E-state index in [4.69, 9.17) is 15.8 Å². The molecule has 3 aromatic rings. The van der Waals surface area contributed by atoms with Crippen LogP contribution in [0.3, 0.4) is 0 Å². The molecule has 10 N–H and O–H groups in total. The third-order valence-electron chi connectivity index (χ3n) is 8.41. The molecule has 1 aliphatic heterocycles. The summed E-state index contributed by atoms with van der Waals surface area (Å²) in [7, 11) is 0. The Bertz CT molecular complexity index is 1440. The molecule has 2 bridgehead atoms. The molecule has 2 aromatic carbocycles. The zero-order valence-corrected chi connectivity index (χ0v) is 26.7. The molecule has 12 nitrogen and oxygen atoms in total.